The van der Waals surface area contributed by atoms with E-state index < -0.39 is 0 Å². The molecule has 2 aromatic carbocycles. The van der Waals surface area contributed by atoms with E-state index in [0.29, 0.717) is 17.3 Å². The van der Waals surface area contributed by atoms with Crippen LogP contribution in [0.4, 0.5) is 11.4 Å². The fourth-order valence-electron chi connectivity index (χ4n) is 2.35. The van der Waals surface area contributed by atoms with E-state index >= 15 is 0 Å². The van der Waals surface area contributed by atoms with Gasteiger partial charge in [-0.3, -0.25) is 4.79 Å². The van der Waals surface area contributed by atoms with Crippen molar-refractivity contribution in [3.63, 3.8) is 0 Å². The molecule has 1 N–H and O–H groups in total. The van der Waals surface area contributed by atoms with Crippen molar-refractivity contribution in [2.45, 2.75) is 13.8 Å². The number of carbonyl (C=O) groups is 1. The van der Waals surface area contributed by atoms with Crippen LogP contribution in [-0.4, -0.2) is 26.1 Å². The van der Waals surface area contributed by atoms with Crippen LogP contribution in [0.5, 0.6) is 5.75 Å². The molecular formula is C18H21ClN2O2. The molecule has 0 unspecified atom stereocenters. The third kappa shape index (κ3) is 4.39. The summed E-state index contributed by atoms with van der Waals surface area (Å²) in [4.78, 5) is 14.2. The zero-order chi connectivity index (χ0) is 16.8. The number of hydrogen-bond acceptors (Lipinski definition) is 3. The lowest BCUT2D eigenvalue weighted by atomic mass is 10.2. The van der Waals surface area contributed by atoms with Crippen molar-refractivity contribution in [3.05, 3.63) is 53.1 Å². The van der Waals surface area contributed by atoms with Crippen molar-refractivity contribution in [3.8, 4) is 5.75 Å². The lowest BCUT2D eigenvalue weighted by Crippen LogP contribution is -2.35. The van der Waals surface area contributed by atoms with Gasteiger partial charge in [-0.2, -0.15) is 0 Å². The molecule has 122 valence electrons. The molecule has 0 saturated heterocycles. The molecule has 0 heterocycles. The van der Waals surface area contributed by atoms with Gasteiger partial charge in [0.25, 0.3) is 0 Å². The normalized spacial score (nSPS) is 10.3. The summed E-state index contributed by atoms with van der Waals surface area (Å²) in [6.45, 7) is 4.79. The molecule has 0 bridgehead atoms. The molecule has 0 fully saturated rings. The van der Waals surface area contributed by atoms with Gasteiger partial charge in [0.1, 0.15) is 5.75 Å². The van der Waals surface area contributed by atoms with Gasteiger partial charge in [-0.1, -0.05) is 23.7 Å². The second-order valence-corrected chi connectivity index (χ2v) is 5.59. The number of anilines is 2. The number of likely N-dealkylation sites (N-methyl/N-ethyl adjacent to an activating group) is 1. The zero-order valence-corrected chi connectivity index (χ0v) is 14.4. The lowest BCUT2D eigenvalue weighted by Gasteiger charge is -2.22. The molecule has 23 heavy (non-hydrogen) atoms. The topological polar surface area (TPSA) is 41.6 Å². The van der Waals surface area contributed by atoms with Gasteiger partial charge in [0.05, 0.1) is 18.7 Å². The van der Waals surface area contributed by atoms with Gasteiger partial charge >= 0.3 is 0 Å². The van der Waals surface area contributed by atoms with Gasteiger partial charge in [-0.15, -0.1) is 0 Å². The first-order valence-electron chi connectivity index (χ1n) is 7.49. The Hall–Kier alpha value is -2.20. The maximum atomic E-state index is 12.5. The average Bonchev–Trinajstić information content (AvgIpc) is 2.54. The molecule has 0 radical (unpaired) electrons. The summed E-state index contributed by atoms with van der Waals surface area (Å²) in [5, 5.41) is 3.61. The first-order chi connectivity index (χ1) is 11.0. The molecule has 0 atom stereocenters. The zero-order valence-electron chi connectivity index (χ0n) is 13.6. The predicted molar refractivity (Wildman–Crippen MR) is 95.7 cm³/mol. The monoisotopic (exact) mass is 332 g/mol. The van der Waals surface area contributed by atoms with Gasteiger partial charge in [-0.25, -0.2) is 0 Å². The summed E-state index contributed by atoms with van der Waals surface area (Å²) in [5.74, 6) is 0.614. The number of rotatable bonds is 6. The minimum atomic E-state index is 0.00467. The Morgan fingerprint density at radius 2 is 2.04 bits per heavy atom. The van der Waals surface area contributed by atoms with E-state index in [2.05, 4.69) is 5.32 Å². The SMILES string of the molecule is CCN(C(=O)CNc1ccc(OC)c(Cl)c1)c1cccc(C)c1. The standard InChI is InChI=1S/C18H21ClN2O2/c1-4-21(15-7-5-6-13(2)10-15)18(22)12-20-14-8-9-17(23-3)16(19)11-14/h5-11,20H,4,12H2,1-3H3. The Labute approximate surface area is 142 Å². The van der Waals surface area contributed by atoms with E-state index in [1.165, 1.54) is 0 Å². The van der Waals surface area contributed by atoms with Crippen molar-refractivity contribution < 1.29 is 9.53 Å². The quantitative estimate of drug-likeness (QED) is 0.865. The maximum Gasteiger partial charge on any atom is 0.246 e. The molecule has 0 aromatic heterocycles. The van der Waals surface area contributed by atoms with Crippen molar-refractivity contribution in [1.29, 1.82) is 0 Å². The van der Waals surface area contributed by atoms with E-state index in [9.17, 15) is 4.79 Å². The number of aryl methyl sites for hydroxylation is 1. The lowest BCUT2D eigenvalue weighted by molar-refractivity contribution is -0.116. The van der Waals surface area contributed by atoms with Crippen LogP contribution in [0.3, 0.4) is 0 Å². The van der Waals surface area contributed by atoms with Gasteiger partial charge in [0.2, 0.25) is 5.91 Å². The molecule has 2 rings (SSSR count). The van der Waals surface area contributed by atoms with Gasteiger partial charge in [-0.05, 0) is 49.7 Å². The number of hydrogen-bond donors (Lipinski definition) is 1. The number of nitrogens with one attached hydrogen (secondary N) is 1. The summed E-state index contributed by atoms with van der Waals surface area (Å²) in [5.41, 5.74) is 2.82. The Morgan fingerprint density at radius 3 is 2.65 bits per heavy atom. The van der Waals surface area contributed by atoms with E-state index in [-0.39, 0.29) is 12.5 Å². The molecule has 0 spiro atoms. The number of nitrogens with zero attached hydrogens (tertiary/aromatic N) is 1. The maximum absolute atomic E-state index is 12.5. The largest absolute Gasteiger partial charge is 0.495 e. The molecule has 0 saturated carbocycles. The number of ether oxygens (including phenoxy) is 1. The van der Waals surface area contributed by atoms with Crippen LogP contribution in [0, 0.1) is 6.92 Å². The van der Waals surface area contributed by atoms with Gasteiger partial charge in [0, 0.05) is 17.9 Å². The Morgan fingerprint density at radius 1 is 1.26 bits per heavy atom. The summed E-state index contributed by atoms with van der Waals surface area (Å²) < 4.78 is 5.12. The smallest absolute Gasteiger partial charge is 0.246 e. The van der Waals surface area contributed by atoms with Crippen LogP contribution >= 0.6 is 11.6 Å². The summed E-state index contributed by atoms with van der Waals surface area (Å²) in [6, 6.07) is 13.3. The second kappa shape index (κ2) is 7.88. The molecule has 0 aliphatic carbocycles. The van der Waals surface area contributed by atoms with Crippen molar-refractivity contribution in [2.24, 2.45) is 0 Å². The van der Waals surface area contributed by atoms with E-state index in [0.717, 1.165) is 16.9 Å². The van der Waals surface area contributed by atoms with Crippen LogP contribution < -0.4 is 15.0 Å². The number of methoxy groups -OCH3 is 1. The fourth-order valence-corrected chi connectivity index (χ4v) is 2.61. The molecule has 4 nitrogen and oxygen atoms in total. The third-order valence-electron chi connectivity index (χ3n) is 3.53. The van der Waals surface area contributed by atoms with Crippen LogP contribution in [0.2, 0.25) is 5.02 Å². The van der Waals surface area contributed by atoms with E-state index in [4.69, 9.17) is 16.3 Å². The Bertz CT molecular complexity index is 688. The number of benzene rings is 2. The van der Waals surface area contributed by atoms with Gasteiger partial charge in [0.15, 0.2) is 0 Å². The predicted octanol–water partition coefficient (Wildman–Crippen LogP) is 4.12. The number of carbonyl (C=O) groups excluding carboxylic acids is 1. The minimum absolute atomic E-state index is 0.00467. The van der Waals surface area contributed by atoms with E-state index in [1.54, 1.807) is 24.1 Å². The van der Waals surface area contributed by atoms with E-state index in [1.807, 2.05) is 44.2 Å². The Kier molecular flexibility index (Phi) is 5.88. The van der Waals surface area contributed by atoms with Crippen LogP contribution in [0.15, 0.2) is 42.5 Å². The van der Waals surface area contributed by atoms with Crippen LogP contribution in [-0.2, 0) is 4.79 Å². The molecule has 5 heteroatoms. The molecule has 1 amide bonds. The third-order valence-corrected chi connectivity index (χ3v) is 3.82. The minimum Gasteiger partial charge on any atom is -0.495 e. The summed E-state index contributed by atoms with van der Waals surface area (Å²) in [6.07, 6.45) is 0. The molecule has 0 aliphatic rings. The first kappa shape index (κ1) is 17.2. The number of halogens is 1. The van der Waals surface area contributed by atoms with Crippen molar-refractivity contribution in [2.75, 3.05) is 30.4 Å². The number of amides is 1. The second-order valence-electron chi connectivity index (χ2n) is 5.18. The molecular weight excluding hydrogens is 312 g/mol. The fraction of sp³-hybridized carbons (Fsp3) is 0.278. The van der Waals surface area contributed by atoms with Crippen LogP contribution in [0.25, 0.3) is 0 Å². The molecule has 0 aliphatic heterocycles. The highest BCUT2D eigenvalue weighted by molar-refractivity contribution is 6.32. The van der Waals surface area contributed by atoms with Crippen molar-refractivity contribution >= 4 is 28.9 Å². The Balaban J connectivity index is 2.04. The summed E-state index contributed by atoms with van der Waals surface area (Å²) >= 11 is 6.09. The molecule has 2 aromatic rings. The van der Waals surface area contributed by atoms with Crippen LogP contribution in [0.1, 0.15) is 12.5 Å². The highest BCUT2D eigenvalue weighted by atomic mass is 35.5. The van der Waals surface area contributed by atoms with Crippen molar-refractivity contribution in [1.82, 2.24) is 0 Å². The highest BCUT2D eigenvalue weighted by Crippen LogP contribution is 2.27. The first-order valence-corrected chi connectivity index (χ1v) is 7.87. The highest BCUT2D eigenvalue weighted by Gasteiger charge is 2.14. The average molecular weight is 333 g/mol. The summed E-state index contributed by atoms with van der Waals surface area (Å²) in [7, 11) is 1.57. The van der Waals surface area contributed by atoms with Gasteiger partial charge < -0.3 is 15.0 Å².